The Kier molecular flexibility index (Phi) is 16.3. The van der Waals surface area contributed by atoms with E-state index in [1.54, 1.807) is 0 Å². The molecule has 70 heavy (non-hydrogen) atoms. The molecule has 0 aliphatic carbocycles. The summed E-state index contributed by atoms with van der Waals surface area (Å²) >= 11 is 0. The van der Waals surface area contributed by atoms with Crippen LogP contribution in [0.3, 0.4) is 0 Å². The molecule has 4 heterocycles. The van der Waals surface area contributed by atoms with Gasteiger partial charge in [-0.05, 0) is 74.2 Å². The maximum absolute atomic E-state index is 13.0. The van der Waals surface area contributed by atoms with Crippen molar-refractivity contribution >= 4 is 11.6 Å². The Morgan fingerprint density at radius 1 is 0.571 bits per heavy atom. The number of hydrogen-bond acceptors (Lipinski definition) is 14. The van der Waals surface area contributed by atoms with Crippen molar-refractivity contribution in [3.63, 3.8) is 0 Å². The molecule has 0 radical (unpaired) electrons. The highest BCUT2D eigenvalue weighted by Gasteiger charge is 2.33. The van der Waals surface area contributed by atoms with Crippen LogP contribution in [-0.2, 0) is 27.2 Å². The third-order valence-corrected chi connectivity index (χ3v) is 11.6. The van der Waals surface area contributed by atoms with Crippen molar-refractivity contribution in [1.82, 2.24) is 39.3 Å². The zero-order valence-corrected chi connectivity index (χ0v) is 38.8. The van der Waals surface area contributed by atoms with E-state index in [0.29, 0.717) is 11.1 Å². The van der Waals surface area contributed by atoms with Crippen molar-refractivity contribution in [3.05, 3.63) is 129 Å². The van der Waals surface area contributed by atoms with Gasteiger partial charge in [0.1, 0.15) is 23.0 Å². The van der Waals surface area contributed by atoms with E-state index in [0.717, 1.165) is 89.2 Å². The van der Waals surface area contributed by atoms with Crippen molar-refractivity contribution in [2.24, 2.45) is 14.1 Å². The summed E-state index contributed by atoms with van der Waals surface area (Å²) in [7, 11) is 5.67. The van der Waals surface area contributed by atoms with Crippen LogP contribution in [0.4, 0.5) is 38.0 Å². The zero-order chi connectivity index (χ0) is 50.0. The second-order valence-corrected chi connectivity index (χ2v) is 16.7. The lowest BCUT2D eigenvalue weighted by Gasteiger charge is -2.33. The number of alkyl halides is 6. The van der Waals surface area contributed by atoms with Gasteiger partial charge in [0.25, 0.3) is 11.1 Å². The Labute approximate surface area is 398 Å². The maximum atomic E-state index is 13.0. The van der Waals surface area contributed by atoms with Crippen LogP contribution in [0.5, 0.6) is 23.0 Å². The predicted octanol–water partition coefficient (Wildman–Crippen LogP) is 7.65. The Morgan fingerprint density at radius 3 is 1.31 bits per heavy atom. The van der Waals surface area contributed by atoms with Crippen molar-refractivity contribution in [1.29, 1.82) is 0 Å². The van der Waals surface area contributed by atoms with Gasteiger partial charge in [0, 0.05) is 64.5 Å². The number of piperidine rings is 2. The summed E-state index contributed by atoms with van der Waals surface area (Å²) < 4.78 is 96.2. The molecule has 0 unspecified atom stereocenters. The molecule has 0 amide bonds. The van der Waals surface area contributed by atoms with E-state index in [1.165, 1.54) is 60.7 Å². The molecule has 2 saturated heterocycles. The van der Waals surface area contributed by atoms with Gasteiger partial charge in [0.05, 0.1) is 25.3 Å². The van der Waals surface area contributed by atoms with Gasteiger partial charge in [0.2, 0.25) is 11.6 Å². The number of rotatable bonds is 14. The van der Waals surface area contributed by atoms with E-state index < -0.39 is 35.3 Å². The van der Waals surface area contributed by atoms with Gasteiger partial charge >= 0.3 is 12.7 Å². The summed E-state index contributed by atoms with van der Waals surface area (Å²) in [6.07, 6.45) is -5.90. The topological polar surface area (TPSA) is 163 Å². The van der Waals surface area contributed by atoms with Gasteiger partial charge in [-0.25, -0.2) is 0 Å². The molecule has 2 N–H and O–H groups in total. The number of likely N-dealkylation sites (tertiary alicyclic amines) is 2. The molecule has 0 bridgehead atoms. The third-order valence-electron chi connectivity index (χ3n) is 11.6. The summed E-state index contributed by atoms with van der Waals surface area (Å²) in [5, 5.41) is 23.0. The first-order chi connectivity index (χ1) is 33.5. The van der Waals surface area contributed by atoms with Crippen LogP contribution in [0.2, 0.25) is 0 Å². The molecular formula is C48H52F6N10O6. The summed E-state index contributed by atoms with van der Waals surface area (Å²) in [6.45, 7) is 5.13. The predicted molar refractivity (Wildman–Crippen MR) is 249 cm³/mol. The van der Waals surface area contributed by atoms with Crippen LogP contribution >= 0.6 is 0 Å². The molecule has 22 heteroatoms. The van der Waals surface area contributed by atoms with Crippen molar-refractivity contribution in [2.45, 2.75) is 63.6 Å². The molecule has 2 aliphatic rings. The number of ether oxygens (including phenoxy) is 4. The number of nitrogens with one attached hydrogen (secondary N) is 2. The minimum atomic E-state index is -4.83. The summed E-state index contributed by atoms with van der Waals surface area (Å²) in [5.74, 6) is -0.173. The molecule has 2 atom stereocenters. The summed E-state index contributed by atoms with van der Waals surface area (Å²) in [5.41, 5.74) is 2.29. The van der Waals surface area contributed by atoms with Crippen LogP contribution in [0.15, 0.2) is 107 Å². The second kappa shape index (κ2) is 22.5. The molecule has 6 aromatic rings. The van der Waals surface area contributed by atoms with Crippen LogP contribution in [0, 0.1) is 0 Å². The lowest BCUT2D eigenvalue weighted by molar-refractivity contribution is -0.275. The SMILES string of the molecule is COc1cc(OC(F)(F)F)ccc1-c1nnc(N[C@@H]2CCCN(Cc3ccccc3)C2)c(=O)n1C.COc1cc(OC(F)(F)F)ccc1-c1nnc(N[C@@H]2CCCN(Cc3ccccc3)C2)c(=O)n1C. The van der Waals surface area contributed by atoms with E-state index in [4.69, 9.17) is 9.47 Å². The second-order valence-electron chi connectivity index (χ2n) is 16.7. The molecule has 2 aliphatic heterocycles. The first-order valence-electron chi connectivity index (χ1n) is 22.3. The van der Waals surface area contributed by atoms with Crippen molar-refractivity contribution in [3.8, 4) is 45.8 Å². The van der Waals surface area contributed by atoms with Crippen molar-refractivity contribution < 1.29 is 45.3 Å². The lowest BCUT2D eigenvalue weighted by Crippen LogP contribution is -2.43. The first-order valence-corrected chi connectivity index (χ1v) is 22.3. The molecule has 372 valence electrons. The quantitative estimate of drug-likeness (QED) is 0.102. The third kappa shape index (κ3) is 13.5. The number of hydrogen-bond donors (Lipinski definition) is 2. The molecule has 0 saturated carbocycles. The fourth-order valence-corrected chi connectivity index (χ4v) is 8.39. The van der Waals surface area contributed by atoms with Crippen molar-refractivity contribution in [2.75, 3.05) is 51.0 Å². The highest BCUT2D eigenvalue weighted by atomic mass is 19.4. The fraction of sp³-hybridized carbons (Fsp3) is 0.375. The highest BCUT2D eigenvalue weighted by molar-refractivity contribution is 5.67. The van der Waals surface area contributed by atoms with Crippen LogP contribution in [-0.4, -0.2) is 105 Å². The van der Waals surface area contributed by atoms with Gasteiger partial charge in [-0.1, -0.05) is 60.7 Å². The normalized spacial score (nSPS) is 16.7. The Balaban J connectivity index is 0.000000206. The molecule has 0 spiro atoms. The zero-order valence-electron chi connectivity index (χ0n) is 38.8. The van der Waals surface area contributed by atoms with E-state index in [2.05, 4.69) is 74.6 Å². The van der Waals surface area contributed by atoms with Gasteiger partial charge < -0.3 is 29.6 Å². The molecule has 16 nitrogen and oxygen atoms in total. The Morgan fingerprint density at radius 2 is 0.957 bits per heavy atom. The number of anilines is 2. The highest BCUT2D eigenvalue weighted by Crippen LogP contribution is 2.35. The van der Waals surface area contributed by atoms with E-state index >= 15 is 0 Å². The van der Waals surface area contributed by atoms with Gasteiger partial charge in [0.15, 0.2) is 11.6 Å². The number of halogens is 6. The van der Waals surface area contributed by atoms with Crippen LogP contribution in [0.1, 0.15) is 36.8 Å². The van der Waals surface area contributed by atoms with E-state index in [1.807, 2.05) is 36.4 Å². The standard InChI is InChI=1S/2C24H26F3N5O3/c2*1-31-22(19-11-10-18(13-20(19)34-2)35-24(25,26)27)30-29-21(23(31)33)28-17-9-6-12-32(15-17)14-16-7-4-3-5-8-16/h2*3-5,7-8,10-11,13,17H,6,9,12,14-15H2,1-2H3,(H,28,29)/t2*17-/m11/s1. The summed E-state index contributed by atoms with van der Waals surface area (Å²) in [4.78, 5) is 30.7. The van der Waals surface area contributed by atoms with E-state index in [9.17, 15) is 35.9 Å². The lowest BCUT2D eigenvalue weighted by atomic mass is 10.0. The largest absolute Gasteiger partial charge is 0.573 e. The molecule has 4 aromatic carbocycles. The number of nitrogens with zero attached hydrogens (tertiary/aromatic N) is 8. The molecule has 8 rings (SSSR count). The van der Waals surface area contributed by atoms with Crippen LogP contribution in [0.25, 0.3) is 22.8 Å². The monoisotopic (exact) mass is 978 g/mol. The smallest absolute Gasteiger partial charge is 0.496 e. The number of benzene rings is 4. The fourth-order valence-electron chi connectivity index (χ4n) is 8.39. The Hall–Kier alpha value is -7.20. The maximum Gasteiger partial charge on any atom is 0.573 e. The Bertz CT molecular complexity index is 2630. The average molecular weight is 979 g/mol. The minimum absolute atomic E-state index is 0.0358. The average Bonchev–Trinajstić information content (AvgIpc) is 3.32. The van der Waals surface area contributed by atoms with E-state index in [-0.39, 0.29) is 46.9 Å². The van der Waals surface area contributed by atoms with Gasteiger partial charge in [-0.3, -0.25) is 28.5 Å². The minimum Gasteiger partial charge on any atom is -0.496 e. The van der Waals surface area contributed by atoms with Gasteiger partial charge in [-0.2, -0.15) is 0 Å². The number of aromatic nitrogens is 6. The summed E-state index contributed by atoms with van der Waals surface area (Å²) in [6, 6.07) is 27.6. The van der Waals surface area contributed by atoms with Crippen LogP contribution < -0.4 is 40.7 Å². The number of methoxy groups -OCH3 is 2. The van der Waals surface area contributed by atoms with Gasteiger partial charge in [-0.15, -0.1) is 46.7 Å². The molecule has 2 fully saturated rings. The first kappa shape index (κ1) is 50.7. The molecular weight excluding hydrogens is 927 g/mol. The molecule has 2 aromatic heterocycles.